The lowest BCUT2D eigenvalue weighted by Gasteiger charge is -2.10. The summed E-state index contributed by atoms with van der Waals surface area (Å²) in [4.78, 5) is 21.0. The number of rotatable bonds is 5. The van der Waals surface area contributed by atoms with E-state index < -0.39 is 5.25 Å². The van der Waals surface area contributed by atoms with Gasteiger partial charge in [-0.05, 0) is 30.7 Å². The molecule has 0 aliphatic heterocycles. The van der Waals surface area contributed by atoms with Crippen LogP contribution >= 0.6 is 23.4 Å². The Balaban J connectivity index is 1.95. The van der Waals surface area contributed by atoms with Gasteiger partial charge in [0.1, 0.15) is 22.3 Å². The number of fused-ring (bicyclic) bond motifs is 1. The van der Waals surface area contributed by atoms with E-state index in [0.717, 1.165) is 32.9 Å². The monoisotopic (exact) mass is 423 g/mol. The van der Waals surface area contributed by atoms with Crippen molar-refractivity contribution in [3.05, 3.63) is 72.1 Å². The van der Waals surface area contributed by atoms with Crippen molar-refractivity contribution in [3.63, 3.8) is 0 Å². The normalized spacial score (nSPS) is 12.1. The molecule has 1 atom stereocenters. The highest BCUT2D eigenvalue weighted by Gasteiger charge is 2.22. The second-order valence-corrected chi connectivity index (χ2v) is 8.19. The smallest absolute Gasteiger partial charge is 0.318 e. The minimum Gasteiger partial charge on any atom is -0.468 e. The second-order valence-electron chi connectivity index (χ2n) is 6.42. The van der Waals surface area contributed by atoms with Crippen LogP contribution in [0.2, 0.25) is 5.02 Å². The Morgan fingerprint density at radius 3 is 2.66 bits per heavy atom. The molecule has 146 valence electrons. The van der Waals surface area contributed by atoms with Gasteiger partial charge in [-0.25, -0.2) is 9.97 Å². The maximum atomic E-state index is 12.0. The molecule has 0 unspecified atom stereocenters. The third-order valence-corrected chi connectivity index (χ3v) is 5.85. The van der Waals surface area contributed by atoms with Crippen LogP contribution in [0.5, 0.6) is 0 Å². The molecule has 0 bridgehead atoms. The third kappa shape index (κ3) is 3.86. The molecule has 0 spiro atoms. The molecule has 0 fully saturated rings. The van der Waals surface area contributed by atoms with Gasteiger partial charge in [0.15, 0.2) is 0 Å². The number of hydrogen-bond donors (Lipinski definition) is 0. The number of carbonyl (C=O) groups excluding carboxylic acids is 1. The van der Waals surface area contributed by atoms with Crippen molar-refractivity contribution in [2.45, 2.75) is 17.2 Å². The minimum atomic E-state index is -0.392. The quantitative estimate of drug-likeness (QED) is 0.244. The van der Waals surface area contributed by atoms with Gasteiger partial charge in [0.25, 0.3) is 0 Å². The van der Waals surface area contributed by atoms with Crippen LogP contribution in [0.1, 0.15) is 6.92 Å². The topological polar surface area (TPSA) is 57.0 Å². The molecule has 0 N–H and O–H groups in total. The van der Waals surface area contributed by atoms with Gasteiger partial charge in [0, 0.05) is 22.5 Å². The highest BCUT2D eigenvalue weighted by Crippen LogP contribution is 2.38. The van der Waals surface area contributed by atoms with Crippen LogP contribution in [0.4, 0.5) is 0 Å². The van der Waals surface area contributed by atoms with Gasteiger partial charge in [0.2, 0.25) is 0 Å². The second kappa shape index (κ2) is 8.27. The van der Waals surface area contributed by atoms with Gasteiger partial charge in [-0.1, -0.05) is 59.8 Å². The summed E-state index contributed by atoms with van der Waals surface area (Å²) in [6.07, 6.45) is 3.55. The molecule has 7 heteroatoms. The molecule has 0 amide bonds. The Labute approximate surface area is 177 Å². The first kappa shape index (κ1) is 19.5. The van der Waals surface area contributed by atoms with Crippen molar-refractivity contribution >= 4 is 40.4 Å². The first-order chi connectivity index (χ1) is 14.1. The zero-order chi connectivity index (χ0) is 20.4. The molecular weight excluding hydrogens is 406 g/mol. The average molecular weight is 424 g/mol. The lowest BCUT2D eigenvalue weighted by Crippen LogP contribution is -2.14. The minimum absolute atomic E-state index is 0.294. The Morgan fingerprint density at radius 2 is 1.93 bits per heavy atom. The first-order valence-corrected chi connectivity index (χ1v) is 10.3. The summed E-state index contributed by atoms with van der Waals surface area (Å²) in [6, 6.07) is 17.7. The maximum absolute atomic E-state index is 12.0. The summed E-state index contributed by atoms with van der Waals surface area (Å²) >= 11 is 7.58. The molecule has 5 nitrogen and oxygen atoms in total. The van der Waals surface area contributed by atoms with Crippen molar-refractivity contribution in [2.24, 2.45) is 0 Å². The molecule has 2 heterocycles. The number of esters is 1. The summed E-state index contributed by atoms with van der Waals surface area (Å²) in [7, 11) is 1.39. The van der Waals surface area contributed by atoms with E-state index in [1.807, 2.05) is 65.4 Å². The molecule has 0 radical (unpaired) electrons. The van der Waals surface area contributed by atoms with E-state index in [1.54, 1.807) is 6.92 Å². The van der Waals surface area contributed by atoms with Crippen molar-refractivity contribution in [1.82, 2.24) is 14.5 Å². The van der Waals surface area contributed by atoms with Crippen LogP contribution in [0.3, 0.4) is 0 Å². The molecule has 2 aromatic carbocycles. The summed E-state index contributed by atoms with van der Waals surface area (Å²) in [5, 5.41) is 1.87. The van der Waals surface area contributed by atoms with E-state index in [-0.39, 0.29) is 5.97 Å². The van der Waals surface area contributed by atoms with Gasteiger partial charge in [-0.15, -0.1) is 0 Å². The molecule has 4 rings (SSSR count). The SMILES string of the molecule is COC(=O)[C@H](C)Sc1ncnc2c1c(-c1ccccc1)cn2-c1cccc(Cl)c1. The predicted octanol–water partition coefficient (Wildman–Crippen LogP) is 5.39. The Kier molecular flexibility index (Phi) is 5.56. The molecule has 0 saturated heterocycles. The highest BCUT2D eigenvalue weighted by atomic mass is 35.5. The number of hydrogen-bond acceptors (Lipinski definition) is 5. The van der Waals surface area contributed by atoms with Gasteiger partial charge in [-0.2, -0.15) is 0 Å². The standard InChI is InChI=1S/C22H18ClN3O2S/c1-14(22(27)28-2)29-21-19-18(15-7-4-3-5-8-15)12-26(20(19)24-13-25-21)17-10-6-9-16(23)11-17/h3-14H,1-2H3/t14-/m0/s1. The van der Waals surface area contributed by atoms with Gasteiger partial charge in [-0.3, -0.25) is 4.79 Å². The maximum Gasteiger partial charge on any atom is 0.318 e. The highest BCUT2D eigenvalue weighted by molar-refractivity contribution is 8.00. The zero-order valence-corrected chi connectivity index (χ0v) is 17.4. The number of halogens is 1. The van der Waals surface area contributed by atoms with E-state index in [0.29, 0.717) is 5.02 Å². The van der Waals surface area contributed by atoms with E-state index >= 15 is 0 Å². The fraction of sp³-hybridized carbons (Fsp3) is 0.136. The molecule has 0 aliphatic carbocycles. The zero-order valence-electron chi connectivity index (χ0n) is 15.9. The van der Waals surface area contributed by atoms with E-state index in [2.05, 4.69) is 9.97 Å². The third-order valence-electron chi connectivity index (χ3n) is 4.54. The number of carbonyl (C=O) groups is 1. The van der Waals surface area contributed by atoms with Crippen LogP contribution in [0, 0.1) is 0 Å². The molecule has 0 saturated carbocycles. The number of benzene rings is 2. The van der Waals surface area contributed by atoms with Crippen molar-refractivity contribution in [1.29, 1.82) is 0 Å². The van der Waals surface area contributed by atoms with Crippen molar-refractivity contribution in [3.8, 4) is 16.8 Å². The molecule has 0 aliphatic rings. The van der Waals surface area contributed by atoms with Crippen LogP contribution in [0.25, 0.3) is 27.8 Å². The van der Waals surface area contributed by atoms with Crippen LogP contribution < -0.4 is 0 Å². The number of nitrogens with zero attached hydrogens (tertiary/aromatic N) is 3. The molecule has 29 heavy (non-hydrogen) atoms. The van der Waals surface area contributed by atoms with E-state index in [9.17, 15) is 4.79 Å². The number of thioether (sulfide) groups is 1. The van der Waals surface area contributed by atoms with E-state index in [4.69, 9.17) is 16.3 Å². The predicted molar refractivity (Wildman–Crippen MR) is 117 cm³/mol. The number of ether oxygens (including phenoxy) is 1. The molecular formula is C22H18ClN3O2S. The first-order valence-electron chi connectivity index (χ1n) is 9.00. The van der Waals surface area contributed by atoms with Gasteiger partial charge < -0.3 is 9.30 Å². The fourth-order valence-corrected chi connectivity index (χ4v) is 4.30. The number of aromatic nitrogens is 3. The molecule has 4 aromatic rings. The summed E-state index contributed by atoms with van der Waals surface area (Å²) in [6.45, 7) is 1.81. The van der Waals surface area contributed by atoms with Crippen LogP contribution in [0.15, 0.2) is 72.1 Å². The Bertz CT molecular complexity index is 1180. The van der Waals surface area contributed by atoms with Crippen LogP contribution in [-0.4, -0.2) is 32.9 Å². The lowest BCUT2D eigenvalue weighted by molar-refractivity contribution is -0.139. The van der Waals surface area contributed by atoms with E-state index in [1.165, 1.54) is 25.2 Å². The van der Waals surface area contributed by atoms with Crippen LogP contribution in [-0.2, 0) is 9.53 Å². The Hall–Kier alpha value is -2.83. The van der Waals surface area contributed by atoms with Crippen molar-refractivity contribution in [2.75, 3.05) is 7.11 Å². The fourth-order valence-electron chi connectivity index (χ4n) is 3.16. The lowest BCUT2D eigenvalue weighted by atomic mass is 10.1. The van der Waals surface area contributed by atoms with Gasteiger partial charge in [0.05, 0.1) is 12.5 Å². The summed E-state index contributed by atoms with van der Waals surface area (Å²) < 4.78 is 6.87. The van der Waals surface area contributed by atoms with Gasteiger partial charge >= 0.3 is 5.97 Å². The molecule has 2 aromatic heterocycles. The Morgan fingerprint density at radius 1 is 1.14 bits per heavy atom. The van der Waals surface area contributed by atoms with Crippen molar-refractivity contribution < 1.29 is 9.53 Å². The average Bonchev–Trinajstić information content (AvgIpc) is 3.14. The largest absolute Gasteiger partial charge is 0.468 e. The summed E-state index contributed by atoms with van der Waals surface area (Å²) in [5.74, 6) is -0.294. The summed E-state index contributed by atoms with van der Waals surface area (Å²) in [5.41, 5.74) is 3.68. The number of methoxy groups -OCH3 is 1.